The molecule has 0 radical (unpaired) electrons. The van der Waals surface area contributed by atoms with Crippen molar-refractivity contribution in [2.24, 2.45) is 0 Å². The lowest BCUT2D eigenvalue weighted by atomic mass is 10.1. The number of amides is 2. The van der Waals surface area contributed by atoms with Crippen LogP contribution < -0.4 is 10.6 Å². The van der Waals surface area contributed by atoms with E-state index in [9.17, 15) is 9.59 Å². The van der Waals surface area contributed by atoms with Gasteiger partial charge in [0.05, 0.1) is 6.54 Å². The van der Waals surface area contributed by atoms with Crippen LogP contribution >= 0.6 is 11.6 Å². The van der Waals surface area contributed by atoms with Crippen LogP contribution in [0.3, 0.4) is 0 Å². The molecular formula is C21H24ClN3O2. The highest BCUT2D eigenvalue weighted by Gasteiger charge is 2.23. The first-order valence-corrected chi connectivity index (χ1v) is 9.47. The van der Waals surface area contributed by atoms with Crippen molar-refractivity contribution in [2.75, 3.05) is 13.6 Å². The van der Waals surface area contributed by atoms with Crippen molar-refractivity contribution in [1.82, 2.24) is 15.5 Å². The Hall–Kier alpha value is -2.37. The summed E-state index contributed by atoms with van der Waals surface area (Å²) in [5.74, 6) is -0.0748. The number of carbonyl (C=O) groups excluding carboxylic acids is 2. The average molecular weight is 386 g/mol. The van der Waals surface area contributed by atoms with Gasteiger partial charge in [-0.2, -0.15) is 0 Å². The zero-order valence-electron chi connectivity index (χ0n) is 15.4. The lowest BCUT2D eigenvalue weighted by molar-refractivity contribution is -0.122. The number of hydrogen-bond acceptors (Lipinski definition) is 3. The molecule has 0 unspecified atom stereocenters. The van der Waals surface area contributed by atoms with Crippen molar-refractivity contribution in [2.45, 2.75) is 32.0 Å². The minimum Gasteiger partial charge on any atom is -0.351 e. The summed E-state index contributed by atoms with van der Waals surface area (Å²) in [7, 11) is 1.89. The van der Waals surface area contributed by atoms with E-state index in [1.165, 1.54) is 0 Å². The summed E-state index contributed by atoms with van der Waals surface area (Å²) in [5.41, 5.74) is 2.63. The van der Waals surface area contributed by atoms with E-state index in [4.69, 9.17) is 11.6 Å². The largest absolute Gasteiger partial charge is 0.351 e. The zero-order valence-corrected chi connectivity index (χ0v) is 16.1. The van der Waals surface area contributed by atoms with Gasteiger partial charge in [-0.15, -0.1) is 0 Å². The van der Waals surface area contributed by atoms with Crippen molar-refractivity contribution >= 4 is 23.4 Å². The molecule has 2 aromatic carbocycles. The smallest absolute Gasteiger partial charge is 0.251 e. The van der Waals surface area contributed by atoms with Gasteiger partial charge >= 0.3 is 0 Å². The molecule has 0 atom stereocenters. The van der Waals surface area contributed by atoms with Crippen molar-refractivity contribution < 1.29 is 9.59 Å². The Kier molecular flexibility index (Phi) is 6.48. The second-order valence-corrected chi connectivity index (χ2v) is 7.39. The van der Waals surface area contributed by atoms with Crippen LogP contribution in [0.5, 0.6) is 0 Å². The highest BCUT2D eigenvalue weighted by molar-refractivity contribution is 6.31. The predicted molar refractivity (Wildman–Crippen MR) is 107 cm³/mol. The molecule has 6 heteroatoms. The molecule has 27 heavy (non-hydrogen) atoms. The lowest BCUT2D eigenvalue weighted by Gasteiger charge is -2.17. The number of nitrogens with one attached hydrogen (secondary N) is 2. The number of nitrogens with zero attached hydrogens (tertiary/aromatic N) is 1. The third-order valence-electron chi connectivity index (χ3n) is 4.43. The molecule has 142 valence electrons. The van der Waals surface area contributed by atoms with Crippen LogP contribution in [0.2, 0.25) is 5.02 Å². The van der Waals surface area contributed by atoms with E-state index >= 15 is 0 Å². The zero-order chi connectivity index (χ0) is 19.2. The van der Waals surface area contributed by atoms with Gasteiger partial charge in [-0.3, -0.25) is 14.5 Å². The van der Waals surface area contributed by atoms with Crippen molar-refractivity contribution in [3.05, 3.63) is 70.2 Å². The van der Waals surface area contributed by atoms with Crippen LogP contribution in [-0.2, 0) is 17.9 Å². The lowest BCUT2D eigenvalue weighted by Crippen LogP contribution is -2.34. The molecule has 3 rings (SSSR count). The fourth-order valence-electron chi connectivity index (χ4n) is 2.76. The van der Waals surface area contributed by atoms with Crippen molar-refractivity contribution in [3.8, 4) is 0 Å². The topological polar surface area (TPSA) is 61.4 Å². The number of likely N-dealkylation sites (N-methyl/N-ethyl adjacent to an activating group) is 1. The van der Waals surface area contributed by atoms with E-state index < -0.39 is 0 Å². The van der Waals surface area contributed by atoms with Gasteiger partial charge in [-0.25, -0.2) is 0 Å². The minimum atomic E-state index is -0.0575. The normalized spacial score (nSPS) is 13.4. The fraction of sp³-hybridized carbons (Fsp3) is 0.333. The molecule has 0 spiro atoms. The summed E-state index contributed by atoms with van der Waals surface area (Å²) < 4.78 is 0. The Morgan fingerprint density at radius 2 is 1.81 bits per heavy atom. The standard InChI is InChI=1S/C21H24ClN3O2/c1-25(14-20(26)23-12-17-4-2-3-5-19(17)22)13-15-6-8-16(9-7-15)21(27)24-18-10-11-18/h2-9,18H,10-14H2,1H3,(H,23,26)(H,24,27). The van der Waals surface area contributed by atoms with Crippen LogP contribution in [0.15, 0.2) is 48.5 Å². The predicted octanol–water partition coefficient (Wildman–Crippen LogP) is 2.98. The van der Waals surface area contributed by atoms with Crippen LogP contribution in [-0.4, -0.2) is 36.3 Å². The second-order valence-electron chi connectivity index (χ2n) is 6.99. The summed E-state index contributed by atoms with van der Waals surface area (Å²) in [5, 5.41) is 6.51. The quantitative estimate of drug-likeness (QED) is 0.734. The van der Waals surface area contributed by atoms with Crippen LogP contribution in [0.4, 0.5) is 0 Å². The van der Waals surface area contributed by atoms with Gasteiger partial charge in [0.25, 0.3) is 5.91 Å². The Labute approximate surface area is 164 Å². The van der Waals surface area contributed by atoms with E-state index in [2.05, 4.69) is 10.6 Å². The Balaban J connectivity index is 1.44. The first-order valence-electron chi connectivity index (χ1n) is 9.10. The maximum atomic E-state index is 12.1. The molecule has 0 heterocycles. The van der Waals surface area contributed by atoms with Gasteiger partial charge in [-0.1, -0.05) is 41.9 Å². The second kappa shape index (κ2) is 9.02. The molecule has 0 aliphatic heterocycles. The average Bonchev–Trinajstić information content (AvgIpc) is 3.45. The summed E-state index contributed by atoms with van der Waals surface area (Å²) in [6.07, 6.45) is 2.15. The number of benzene rings is 2. The maximum Gasteiger partial charge on any atom is 0.251 e. The van der Waals surface area contributed by atoms with E-state index in [-0.39, 0.29) is 18.4 Å². The Morgan fingerprint density at radius 3 is 2.48 bits per heavy atom. The van der Waals surface area contributed by atoms with E-state index in [0.29, 0.717) is 29.7 Å². The van der Waals surface area contributed by atoms with Gasteiger partial charge in [0.2, 0.25) is 5.91 Å². The van der Waals surface area contributed by atoms with Gasteiger partial charge in [0, 0.05) is 29.7 Å². The molecule has 1 aliphatic rings. The molecule has 2 N–H and O–H groups in total. The molecule has 1 fully saturated rings. The Bertz CT molecular complexity index is 803. The van der Waals surface area contributed by atoms with Crippen molar-refractivity contribution in [1.29, 1.82) is 0 Å². The summed E-state index contributed by atoms with van der Waals surface area (Å²) in [6, 6.07) is 15.3. The first kappa shape index (κ1) is 19.4. The SMILES string of the molecule is CN(CC(=O)NCc1ccccc1Cl)Cc1ccc(C(=O)NC2CC2)cc1. The molecule has 2 amide bonds. The third kappa shape index (κ3) is 6.08. The molecule has 0 saturated heterocycles. The highest BCUT2D eigenvalue weighted by atomic mass is 35.5. The minimum absolute atomic E-state index is 0.0173. The van der Waals surface area contributed by atoms with Crippen LogP contribution in [0, 0.1) is 0 Å². The van der Waals surface area contributed by atoms with Gasteiger partial charge < -0.3 is 10.6 Å². The molecule has 5 nitrogen and oxygen atoms in total. The Morgan fingerprint density at radius 1 is 1.11 bits per heavy atom. The number of rotatable bonds is 8. The molecule has 0 aromatic heterocycles. The third-order valence-corrected chi connectivity index (χ3v) is 4.80. The summed E-state index contributed by atoms with van der Waals surface area (Å²) >= 11 is 6.10. The monoisotopic (exact) mass is 385 g/mol. The molecule has 1 aliphatic carbocycles. The van der Waals surface area contributed by atoms with E-state index in [0.717, 1.165) is 24.0 Å². The molecular weight excluding hydrogens is 362 g/mol. The first-order chi connectivity index (χ1) is 13.0. The summed E-state index contributed by atoms with van der Waals surface area (Å²) in [6.45, 7) is 1.33. The van der Waals surface area contributed by atoms with Crippen LogP contribution in [0.1, 0.15) is 34.3 Å². The molecule has 2 aromatic rings. The van der Waals surface area contributed by atoms with E-state index in [1.807, 2.05) is 60.5 Å². The maximum absolute atomic E-state index is 12.1. The van der Waals surface area contributed by atoms with E-state index in [1.54, 1.807) is 0 Å². The fourth-order valence-corrected chi connectivity index (χ4v) is 2.96. The van der Waals surface area contributed by atoms with Gasteiger partial charge in [0.1, 0.15) is 0 Å². The van der Waals surface area contributed by atoms with Gasteiger partial charge in [0.15, 0.2) is 0 Å². The number of carbonyl (C=O) groups is 2. The molecule has 0 bridgehead atoms. The van der Waals surface area contributed by atoms with Crippen molar-refractivity contribution in [3.63, 3.8) is 0 Å². The van der Waals surface area contributed by atoms with Gasteiger partial charge in [-0.05, 0) is 49.2 Å². The summed E-state index contributed by atoms with van der Waals surface area (Å²) in [4.78, 5) is 26.1. The highest BCUT2D eigenvalue weighted by Crippen LogP contribution is 2.19. The molecule has 1 saturated carbocycles. The number of halogens is 1. The number of hydrogen-bond donors (Lipinski definition) is 2. The van der Waals surface area contributed by atoms with Crippen LogP contribution in [0.25, 0.3) is 0 Å².